The molecule has 0 radical (unpaired) electrons. The largest absolute Gasteiger partial charge is 0.465 e. The van der Waals surface area contributed by atoms with E-state index in [-0.39, 0.29) is 17.6 Å². The summed E-state index contributed by atoms with van der Waals surface area (Å²) in [6.07, 6.45) is 11.1. The van der Waals surface area contributed by atoms with Crippen LogP contribution in [-0.2, 0) is 19.1 Å². The van der Waals surface area contributed by atoms with E-state index in [4.69, 9.17) is 9.47 Å². The molecule has 174 valence electrons. The third-order valence-corrected chi connectivity index (χ3v) is 10.9. The van der Waals surface area contributed by atoms with Gasteiger partial charge in [-0.25, -0.2) is 0 Å². The molecule has 0 amide bonds. The van der Waals surface area contributed by atoms with Gasteiger partial charge >= 0.3 is 0 Å². The average molecular weight is 431 g/mol. The maximum Gasteiger partial charge on any atom is 0.293 e. The van der Waals surface area contributed by atoms with E-state index in [1.165, 1.54) is 25.7 Å². The molecule has 4 aliphatic carbocycles. The summed E-state index contributed by atoms with van der Waals surface area (Å²) in [5, 5.41) is 0. The highest BCUT2D eigenvalue weighted by atomic mass is 16.5. The van der Waals surface area contributed by atoms with Crippen molar-refractivity contribution in [2.45, 2.75) is 91.3 Å². The van der Waals surface area contributed by atoms with Crippen LogP contribution in [0, 0.1) is 52.3 Å². The molecule has 0 unspecified atom stereocenters. The van der Waals surface area contributed by atoms with Crippen LogP contribution in [-0.4, -0.2) is 25.2 Å². The third-order valence-electron chi connectivity index (χ3n) is 10.9. The van der Waals surface area contributed by atoms with Gasteiger partial charge in [-0.1, -0.05) is 33.8 Å². The van der Waals surface area contributed by atoms with E-state index in [0.29, 0.717) is 59.8 Å². The molecule has 0 saturated heterocycles. The monoisotopic (exact) mass is 430 g/mol. The zero-order valence-corrected chi connectivity index (χ0v) is 19.9. The molecule has 4 nitrogen and oxygen atoms in total. The first-order chi connectivity index (χ1) is 14.9. The summed E-state index contributed by atoms with van der Waals surface area (Å²) >= 11 is 0. The minimum Gasteiger partial charge on any atom is -0.465 e. The topological polar surface area (TPSA) is 52.6 Å². The van der Waals surface area contributed by atoms with Crippen molar-refractivity contribution in [3.63, 3.8) is 0 Å². The first-order valence-corrected chi connectivity index (χ1v) is 12.7. The lowest BCUT2D eigenvalue weighted by Gasteiger charge is -2.65. The van der Waals surface area contributed by atoms with Gasteiger partial charge in [-0.15, -0.1) is 6.58 Å². The van der Waals surface area contributed by atoms with E-state index in [1.807, 2.05) is 0 Å². The lowest BCUT2D eigenvalue weighted by atomic mass is 9.41. The van der Waals surface area contributed by atoms with Crippen LogP contribution in [0.5, 0.6) is 0 Å². The van der Waals surface area contributed by atoms with Gasteiger partial charge in [0, 0.05) is 5.92 Å². The van der Waals surface area contributed by atoms with Gasteiger partial charge in [0.15, 0.2) is 0 Å². The first kappa shape index (κ1) is 22.9. The molecule has 11 atom stereocenters. The van der Waals surface area contributed by atoms with E-state index in [1.54, 1.807) is 0 Å². The lowest BCUT2D eigenvalue weighted by Crippen LogP contribution is -2.62. The molecular formula is C27H42O4. The van der Waals surface area contributed by atoms with Gasteiger partial charge in [0.05, 0.1) is 0 Å². The third kappa shape index (κ3) is 3.38. The SMILES string of the molecule is C=C[C@@H](C)[C@H]1CC[C@H]2[C@@H]3[C@H](OC=O)[C@H](CC)[C@@H]4C[C@H](OC=O)CC[C@]4(C)[C@H]3CC[C@]12C. The predicted molar refractivity (Wildman–Crippen MR) is 121 cm³/mol. The van der Waals surface area contributed by atoms with Crippen LogP contribution in [0.25, 0.3) is 0 Å². The van der Waals surface area contributed by atoms with Crippen molar-refractivity contribution in [1.29, 1.82) is 0 Å². The summed E-state index contributed by atoms with van der Waals surface area (Å²) < 4.78 is 11.4. The minimum atomic E-state index is -0.0111. The smallest absolute Gasteiger partial charge is 0.293 e. The molecule has 0 aromatic carbocycles. The number of fused-ring (bicyclic) bond motifs is 5. The number of ether oxygens (including phenoxy) is 2. The van der Waals surface area contributed by atoms with Crippen molar-refractivity contribution in [2.75, 3.05) is 0 Å². The van der Waals surface area contributed by atoms with Gasteiger partial charge in [-0.05, 0) is 97.7 Å². The summed E-state index contributed by atoms with van der Waals surface area (Å²) in [4.78, 5) is 22.7. The second-order valence-corrected chi connectivity index (χ2v) is 11.6. The molecular weight excluding hydrogens is 388 g/mol. The van der Waals surface area contributed by atoms with Crippen LogP contribution in [0.2, 0.25) is 0 Å². The highest BCUT2D eigenvalue weighted by Crippen LogP contribution is 2.69. The van der Waals surface area contributed by atoms with Gasteiger partial charge in [0.1, 0.15) is 12.2 Å². The molecule has 0 heterocycles. The quantitative estimate of drug-likeness (QED) is 0.378. The highest BCUT2D eigenvalue weighted by molar-refractivity contribution is 5.38. The van der Waals surface area contributed by atoms with Gasteiger partial charge in [0.25, 0.3) is 12.9 Å². The van der Waals surface area contributed by atoms with Crippen molar-refractivity contribution in [1.82, 2.24) is 0 Å². The molecule has 0 bridgehead atoms. The second-order valence-electron chi connectivity index (χ2n) is 11.6. The van der Waals surface area contributed by atoms with E-state index in [9.17, 15) is 9.59 Å². The van der Waals surface area contributed by atoms with Gasteiger partial charge in [0.2, 0.25) is 0 Å². The molecule has 4 saturated carbocycles. The Hall–Kier alpha value is -1.32. The lowest BCUT2D eigenvalue weighted by molar-refractivity contribution is -0.213. The van der Waals surface area contributed by atoms with E-state index in [2.05, 4.69) is 40.3 Å². The molecule has 0 aromatic heterocycles. The number of carbonyl (C=O) groups excluding carboxylic acids is 2. The minimum absolute atomic E-state index is 0.0104. The number of hydrogen-bond donors (Lipinski definition) is 0. The molecule has 0 spiro atoms. The van der Waals surface area contributed by atoms with Gasteiger partial charge in [-0.3, -0.25) is 9.59 Å². The fraction of sp³-hybridized carbons (Fsp3) is 0.852. The predicted octanol–water partition coefficient (Wildman–Crippen LogP) is 5.80. The molecule has 31 heavy (non-hydrogen) atoms. The van der Waals surface area contributed by atoms with Crippen molar-refractivity contribution >= 4 is 12.9 Å². The Morgan fingerprint density at radius 2 is 1.65 bits per heavy atom. The Kier molecular flexibility index (Phi) is 6.31. The Bertz CT molecular complexity index is 691. The normalized spacial score (nSPS) is 49.7. The molecule has 4 aliphatic rings. The summed E-state index contributed by atoms with van der Waals surface area (Å²) in [7, 11) is 0. The highest BCUT2D eigenvalue weighted by Gasteiger charge is 2.65. The Morgan fingerprint density at radius 3 is 2.29 bits per heavy atom. The van der Waals surface area contributed by atoms with Crippen molar-refractivity contribution < 1.29 is 19.1 Å². The average Bonchev–Trinajstić information content (AvgIpc) is 3.11. The van der Waals surface area contributed by atoms with Gasteiger partial charge < -0.3 is 9.47 Å². The number of hydrogen-bond acceptors (Lipinski definition) is 4. The Labute approximate surface area is 188 Å². The number of carbonyl (C=O) groups is 2. The fourth-order valence-electron chi connectivity index (χ4n) is 9.43. The summed E-state index contributed by atoms with van der Waals surface area (Å²) in [5.41, 5.74) is 0.541. The van der Waals surface area contributed by atoms with Crippen molar-refractivity contribution in [3.8, 4) is 0 Å². The summed E-state index contributed by atoms with van der Waals surface area (Å²) in [6, 6.07) is 0. The molecule has 0 aromatic rings. The molecule has 4 rings (SSSR count). The first-order valence-electron chi connectivity index (χ1n) is 12.7. The Morgan fingerprint density at radius 1 is 0.968 bits per heavy atom. The van der Waals surface area contributed by atoms with Crippen LogP contribution in [0.15, 0.2) is 12.7 Å². The maximum absolute atomic E-state index is 11.7. The molecule has 0 aliphatic heterocycles. The van der Waals surface area contributed by atoms with Crippen LogP contribution in [0.4, 0.5) is 0 Å². The molecule has 0 N–H and O–H groups in total. The van der Waals surface area contributed by atoms with Crippen molar-refractivity contribution in [3.05, 3.63) is 12.7 Å². The fourth-order valence-corrected chi connectivity index (χ4v) is 9.43. The van der Waals surface area contributed by atoms with Crippen LogP contribution >= 0.6 is 0 Å². The summed E-state index contributed by atoms with van der Waals surface area (Å²) in [5.74, 6) is 3.62. The van der Waals surface area contributed by atoms with Crippen LogP contribution in [0.1, 0.15) is 79.1 Å². The van der Waals surface area contributed by atoms with Crippen LogP contribution < -0.4 is 0 Å². The van der Waals surface area contributed by atoms with Crippen molar-refractivity contribution in [2.24, 2.45) is 52.3 Å². The number of allylic oxidation sites excluding steroid dienone is 1. The Balaban J connectivity index is 1.72. The van der Waals surface area contributed by atoms with E-state index in [0.717, 1.165) is 25.7 Å². The van der Waals surface area contributed by atoms with Crippen LogP contribution in [0.3, 0.4) is 0 Å². The van der Waals surface area contributed by atoms with E-state index < -0.39 is 0 Å². The summed E-state index contributed by atoms with van der Waals surface area (Å²) in [6.45, 7) is 15.0. The van der Waals surface area contributed by atoms with Gasteiger partial charge in [-0.2, -0.15) is 0 Å². The number of rotatable bonds is 7. The van der Waals surface area contributed by atoms with E-state index >= 15 is 0 Å². The zero-order valence-electron chi connectivity index (χ0n) is 19.9. The molecule has 4 heteroatoms. The maximum atomic E-state index is 11.7. The second kappa shape index (κ2) is 8.56. The standard InChI is InChI=1S/C27H42O4/c1-6-17(3)20-8-9-21-24-22(11-13-26(20,21)4)27(5)12-10-18(30-15-28)14-23(27)19(7-2)25(24)31-16-29/h6,15-25H,1,7-14H2,2-5H3/t17-,18-,19-,20-,21+,22+,23+,24+,25-,26-,27-/m1/s1. The molecule has 4 fully saturated rings. The zero-order chi connectivity index (χ0) is 22.4.